The van der Waals surface area contributed by atoms with Gasteiger partial charge in [0.1, 0.15) is 5.78 Å². The van der Waals surface area contributed by atoms with Crippen molar-refractivity contribution in [2.45, 2.75) is 24.4 Å². The number of carbonyl (C=O) groups excluding carboxylic acids is 1. The van der Waals surface area contributed by atoms with Crippen molar-refractivity contribution in [2.75, 3.05) is 6.61 Å². The summed E-state index contributed by atoms with van der Waals surface area (Å²) in [7, 11) is -4.14. The van der Waals surface area contributed by atoms with Crippen LogP contribution in [0.3, 0.4) is 0 Å². The Bertz CT molecular complexity index is 546. The number of carbonyl (C=O) groups is 1. The molecule has 0 spiro atoms. The number of benzene rings is 1. The number of Topliss-reactive ketones (excluding diaryl/α,β-unsaturated/α-hetero) is 1. The van der Waals surface area contributed by atoms with Crippen molar-refractivity contribution in [2.24, 2.45) is 0 Å². The van der Waals surface area contributed by atoms with Crippen LogP contribution in [0.1, 0.15) is 18.9 Å². The van der Waals surface area contributed by atoms with E-state index in [2.05, 4.69) is 4.18 Å². The fourth-order valence-electron chi connectivity index (χ4n) is 1.17. The van der Waals surface area contributed by atoms with Crippen LogP contribution in [0.2, 0.25) is 0 Å². The van der Waals surface area contributed by atoms with E-state index < -0.39 is 21.9 Å². The minimum absolute atomic E-state index is 0.0835. The van der Waals surface area contributed by atoms with E-state index >= 15 is 0 Å². The molecule has 106 valence electrons. The van der Waals surface area contributed by atoms with E-state index in [1.807, 2.05) is 0 Å². The Labute approximate surface area is 108 Å². The second-order valence-corrected chi connectivity index (χ2v) is 5.37. The summed E-state index contributed by atoms with van der Waals surface area (Å²) in [6.07, 6.45) is -4.61. The Morgan fingerprint density at radius 3 is 2.16 bits per heavy atom. The highest BCUT2D eigenvalue weighted by molar-refractivity contribution is 7.86. The summed E-state index contributed by atoms with van der Waals surface area (Å²) in [5.41, 5.74) is -0.949. The maximum Gasteiger partial charge on any atom is 0.416 e. The van der Waals surface area contributed by atoms with Crippen LogP contribution in [0.4, 0.5) is 13.2 Å². The molecule has 0 heterocycles. The lowest BCUT2D eigenvalue weighted by Crippen LogP contribution is -2.10. The van der Waals surface area contributed by atoms with Crippen molar-refractivity contribution in [3.05, 3.63) is 29.8 Å². The van der Waals surface area contributed by atoms with Crippen molar-refractivity contribution in [3.8, 4) is 0 Å². The average Bonchev–Trinajstić information content (AvgIpc) is 2.27. The predicted octanol–water partition coefficient (Wildman–Crippen LogP) is 2.39. The molecule has 1 aromatic carbocycles. The number of rotatable bonds is 5. The van der Waals surface area contributed by atoms with Crippen molar-refractivity contribution in [1.29, 1.82) is 0 Å². The number of hydrogen-bond donors (Lipinski definition) is 0. The molecule has 4 nitrogen and oxygen atoms in total. The first-order valence-electron chi connectivity index (χ1n) is 5.19. The van der Waals surface area contributed by atoms with Gasteiger partial charge in [-0.25, -0.2) is 0 Å². The van der Waals surface area contributed by atoms with Gasteiger partial charge in [-0.2, -0.15) is 21.6 Å². The number of hydrogen-bond acceptors (Lipinski definition) is 4. The number of alkyl halides is 3. The topological polar surface area (TPSA) is 60.4 Å². The SMILES string of the molecule is CC(=O)CCOS(=O)(=O)c1ccc(C(F)(F)F)cc1. The summed E-state index contributed by atoms with van der Waals surface area (Å²) in [6.45, 7) is 0.937. The van der Waals surface area contributed by atoms with Gasteiger partial charge in [0.05, 0.1) is 17.1 Å². The molecular weight excluding hydrogens is 285 g/mol. The minimum atomic E-state index is -4.53. The maximum absolute atomic E-state index is 12.3. The van der Waals surface area contributed by atoms with E-state index in [1.54, 1.807) is 0 Å². The molecule has 0 aromatic heterocycles. The Balaban J connectivity index is 2.82. The van der Waals surface area contributed by atoms with Crippen LogP contribution in [-0.4, -0.2) is 20.8 Å². The molecule has 19 heavy (non-hydrogen) atoms. The minimum Gasteiger partial charge on any atom is -0.300 e. The predicted molar refractivity (Wildman–Crippen MR) is 59.9 cm³/mol. The van der Waals surface area contributed by atoms with Crippen LogP contribution >= 0.6 is 0 Å². The van der Waals surface area contributed by atoms with Gasteiger partial charge in [-0.3, -0.25) is 8.98 Å². The largest absolute Gasteiger partial charge is 0.416 e. The Morgan fingerprint density at radius 1 is 1.21 bits per heavy atom. The van der Waals surface area contributed by atoms with Gasteiger partial charge in [-0.1, -0.05) is 0 Å². The first kappa shape index (κ1) is 15.6. The lowest BCUT2D eigenvalue weighted by atomic mass is 10.2. The summed E-state index contributed by atoms with van der Waals surface area (Å²) < 4.78 is 64.5. The zero-order valence-corrected chi connectivity index (χ0v) is 10.7. The first-order chi connectivity index (χ1) is 8.63. The summed E-state index contributed by atoms with van der Waals surface area (Å²) in [4.78, 5) is 10.2. The standard InChI is InChI=1S/C11H11F3O4S/c1-8(15)6-7-18-19(16,17)10-4-2-9(3-5-10)11(12,13)14/h2-5H,6-7H2,1H3. The van der Waals surface area contributed by atoms with Gasteiger partial charge in [0.2, 0.25) is 0 Å². The average molecular weight is 296 g/mol. The Morgan fingerprint density at radius 2 is 1.74 bits per heavy atom. The van der Waals surface area contributed by atoms with Gasteiger partial charge in [0, 0.05) is 6.42 Å². The summed E-state index contributed by atoms with van der Waals surface area (Å²) in [5.74, 6) is -0.248. The molecule has 0 saturated heterocycles. The molecule has 0 bridgehead atoms. The molecule has 0 saturated carbocycles. The van der Waals surface area contributed by atoms with E-state index in [-0.39, 0.29) is 23.7 Å². The van der Waals surface area contributed by atoms with Crippen LogP contribution in [0.25, 0.3) is 0 Å². The molecule has 1 aromatic rings. The van der Waals surface area contributed by atoms with Crippen molar-refractivity contribution in [3.63, 3.8) is 0 Å². The van der Waals surface area contributed by atoms with E-state index in [9.17, 15) is 26.4 Å². The molecule has 0 unspecified atom stereocenters. The highest BCUT2D eigenvalue weighted by Gasteiger charge is 2.30. The van der Waals surface area contributed by atoms with E-state index in [4.69, 9.17) is 0 Å². The van der Waals surface area contributed by atoms with Crippen molar-refractivity contribution >= 4 is 15.9 Å². The summed E-state index contributed by atoms with van der Waals surface area (Å²) in [6, 6.07) is 2.93. The third kappa shape index (κ3) is 4.64. The quantitative estimate of drug-likeness (QED) is 0.783. The molecule has 1 rings (SSSR count). The molecule has 0 fully saturated rings. The summed E-state index contributed by atoms with van der Waals surface area (Å²) >= 11 is 0. The van der Waals surface area contributed by atoms with E-state index in [0.717, 1.165) is 12.1 Å². The Kier molecular flexibility index (Phi) is 4.70. The van der Waals surface area contributed by atoms with Crippen molar-refractivity contribution in [1.82, 2.24) is 0 Å². The molecule has 0 atom stereocenters. The van der Waals surface area contributed by atoms with Gasteiger partial charge in [-0.15, -0.1) is 0 Å². The number of halogens is 3. The van der Waals surface area contributed by atoms with Crippen LogP contribution < -0.4 is 0 Å². The third-order valence-corrected chi connectivity index (χ3v) is 3.49. The normalized spacial score (nSPS) is 12.4. The molecule has 0 aliphatic rings. The lowest BCUT2D eigenvalue weighted by Gasteiger charge is -2.08. The van der Waals surface area contributed by atoms with Crippen LogP contribution in [0.5, 0.6) is 0 Å². The lowest BCUT2D eigenvalue weighted by molar-refractivity contribution is -0.137. The third-order valence-electron chi connectivity index (χ3n) is 2.16. The molecular formula is C11H11F3O4S. The molecule has 0 aliphatic heterocycles. The van der Waals surface area contributed by atoms with Crippen molar-refractivity contribution < 1.29 is 30.6 Å². The monoisotopic (exact) mass is 296 g/mol. The van der Waals surface area contributed by atoms with Crippen LogP contribution in [0.15, 0.2) is 29.2 Å². The molecule has 0 radical (unpaired) electrons. The fourth-order valence-corrected chi connectivity index (χ4v) is 2.08. The molecule has 0 aliphatic carbocycles. The number of ketones is 1. The van der Waals surface area contributed by atoms with E-state index in [0.29, 0.717) is 12.1 Å². The zero-order chi connectivity index (χ0) is 14.7. The second kappa shape index (κ2) is 5.70. The van der Waals surface area contributed by atoms with Gasteiger partial charge in [0.15, 0.2) is 0 Å². The van der Waals surface area contributed by atoms with Crippen LogP contribution in [-0.2, 0) is 25.3 Å². The highest BCUT2D eigenvalue weighted by Crippen LogP contribution is 2.29. The highest BCUT2D eigenvalue weighted by atomic mass is 32.2. The van der Waals surface area contributed by atoms with E-state index in [1.165, 1.54) is 6.92 Å². The molecule has 0 N–H and O–H groups in total. The molecule has 0 amide bonds. The summed E-state index contributed by atoms with van der Waals surface area (Å²) in [5, 5.41) is 0. The Hall–Kier alpha value is -1.41. The smallest absolute Gasteiger partial charge is 0.300 e. The fraction of sp³-hybridized carbons (Fsp3) is 0.364. The second-order valence-electron chi connectivity index (χ2n) is 3.75. The molecule has 8 heteroatoms. The van der Waals surface area contributed by atoms with Gasteiger partial charge in [-0.05, 0) is 31.2 Å². The van der Waals surface area contributed by atoms with Gasteiger partial charge in [0.25, 0.3) is 10.1 Å². The zero-order valence-electron chi connectivity index (χ0n) is 9.90. The van der Waals surface area contributed by atoms with Gasteiger partial charge >= 0.3 is 6.18 Å². The van der Waals surface area contributed by atoms with Crippen LogP contribution in [0, 0.1) is 0 Å². The maximum atomic E-state index is 12.3. The first-order valence-corrected chi connectivity index (χ1v) is 6.60. The van der Waals surface area contributed by atoms with Gasteiger partial charge < -0.3 is 0 Å².